The average Bonchev–Trinajstić information content (AvgIpc) is 2.61. The van der Waals surface area contributed by atoms with E-state index in [1.54, 1.807) is 12.1 Å². The highest BCUT2D eigenvalue weighted by Gasteiger charge is 2.18. The third-order valence-electron chi connectivity index (χ3n) is 3.33. The highest BCUT2D eigenvalue weighted by Crippen LogP contribution is 2.14. The highest BCUT2D eigenvalue weighted by atomic mass is 19.1. The van der Waals surface area contributed by atoms with Gasteiger partial charge >= 0.3 is 5.97 Å². The second-order valence-electron chi connectivity index (χ2n) is 5.50. The van der Waals surface area contributed by atoms with Crippen LogP contribution in [-0.2, 0) is 14.3 Å². The number of hydrogen-bond donors (Lipinski definition) is 1. The Morgan fingerprint density at radius 2 is 1.65 bits per heavy atom. The lowest BCUT2D eigenvalue weighted by atomic mass is 10.1. The van der Waals surface area contributed by atoms with Gasteiger partial charge in [-0.15, -0.1) is 0 Å². The third kappa shape index (κ3) is 5.70. The molecule has 2 aromatic rings. The van der Waals surface area contributed by atoms with Crippen LogP contribution in [-0.4, -0.2) is 30.4 Å². The second kappa shape index (κ2) is 8.75. The van der Waals surface area contributed by atoms with Gasteiger partial charge in [-0.3, -0.25) is 9.59 Å². The van der Waals surface area contributed by atoms with Crippen LogP contribution in [0, 0.1) is 5.82 Å². The van der Waals surface area contributed by atoms with Crippen molar-refractivity contribution in [2.45, 2.75) is 20.0 Å². The van der Waals surface area contributed by atoms with Crippen LogP contribution in [0.15, 0.2) is 48.5 Å². The number of carbonyl (C=O) groups is 3. The summed E-state index contributed by atoms with van der Waals surface area (Å²) >= 11 is 0. The van der Waals surface area contributed by atoms with E-state index in [-0.39, 0.29) is 11.7 Å². The van der Waals surface area contributed by atoms with Crippen LogP contribution in [0.5, 0.6) is 5.75 Å². The van der Waals surface area contributed by atoms with Gasteiger partial charge < -0.3 is 14.8 Å². The summed E-state index contributed by atoms with van der Waals surface area (Å²) in [6.07, 6.45) is -0.949. The molecule has 0 aliphatic heterocycles. The van der Waals surface area contributed by atoms with Gasteiger partial charge in [0.05, 0.1) is 0 Å². The molecule has 0 radical (unpaired) electrons. The molecule has 1 atom stereocenters. The molecule has 0 saturated carbocycles. The summed E-state index contributed by atoms with van der Waals surface area (Å²) in [6, 6.07) is 11.4. The molecule has 26 heavy (non-hydrogen) atoms. The molecule has 1 N–H and O–H groups in total. The van der Waals surface area contributed by atoms with E-state index in [0.29, 0.717) is 17.0 Å². The van der Waals surface area contributed by atoms with E-state index in [1.165, 1.54) is 50.2 Å². The van der Waals surface area contributed by atoms with Crippen molar-refractivity contribution in [3.8, 4) is 5.75 Å². The van der Waals surface area contributed by atoms with Crippen LogP contribution in [0.1, 0.15) is 24.2 Å². The summed E-state index contributed by atoms with van der Waals surface area (Å²) in [4.78, 5) is 34.9. The number of ketones is 1. The first-order chi connectivity index (χ1) is 12.3. The van der Waals surface area contributed by atoms with E-state index in [4.69, 9.17) is 9.47 Å². The van der Waals surface area contributed by atoms with Crippen LogP contribution in [0.2, 0.25) is 0 Å². The van der Waals surface area contributed by atoms with Crippen molar-refractivity contribution in [1.82, 2.24) is 0 Å². The monoisotopic (exact) mass is 359 g/mol. The molecule has 0 bridgehead atoms. The van der Waals surface area contributed by atoms with Crippen LogP contribution < -0.4 is 10.1 Å². The van der Waals surface area contributed by atoms with Crippen molar-refractivity contribution < 1.29 is 28.2 Å². The quantitative estimate of drug-likeness (QED) is 0.607. The van der Waals surface area contributed by atoms with E-state index in [1.807, 2.05) is 0 Å². The van der Waals surface area contributed by atoms with Gasteiger partial charge in [0.2, 0.25) is 5.91 Å². The number of benzene rings is 2. The molecule has 1 amide bonds. The first kappa shape index (κ1) is 19.1. The van der Waals surface area contributed by atoms with Crippen molar-refractivity contribution >= 4 is 23.3 Å². The van der Waals surface area contributed by atoms with Gasteiger partial charge in [0.15, 0.2) is 18.5 Å². The van der Waals surface area contributed by atoms with Crippen LogP contribution in [0.3, 0.4) is 0 Å². The molecular formula is C19H18FNO5. The lowest BCUT2D eigenvalue weighted by Gasteiger charge is -2.13. The van der Waals surface area contributed by atoms with E-state index >= 15 is 0 Å². The summed E-state index contributed by atoms with van der Waals surface area (Å²) < 4.78 is 23.1. The molecule has 136 valence electrons. The van der Waals surface area contributed by atoms with Crippen molar-refractivity contribution in [2.75, 3.05) is 11.9 Å². The van der Waals surface area contributed by atoms with Gasteiger partial charge in [-0.05, 0) is 55.5 Å². The number of rotatable bonds is 7. The van der Waals surface area contributed by atoms with E-state index < -0.39 is 24.5 Å². The number of Topliss-reactive ketones (excluding diaryl/α,β-unsaturated/α-hetero) is 1. The van der Waals surface area contributed by atoms with Gasteiger partial charge in [-0.25, -0.2) is 9.18 Å². The molecule has 0 saturated heterocycles. The molecule has 0 fully saturated rings. The van der Waals surface area contributed by atoms with E-state index in [9.17, 15) is 18.8 Å². The minimum Gasteiger partial charge on any atom is -0.479 e. The number of ether oxygens (including phenoxy) is 2. The Balaban J connectivity index is 1.84. The van der Waals surface area contributed by atoms with E-state index in [0.717, 1.165) is 0 Å². The number of esters is 1. The second-order valence-corrected chi connectivity index (χ2v) is 5.50. The predicted octanol–water partition coefficient (Wildman–Crippen LogP) is 2.98. The third-order valence-corrected chi connectivity index (χ3v) is 3.33. The van der Waals surface area contributed by atoms with Gasteiger partial charge in [0.1, 0.15) is 11.6 Å². The number of amides is 1. The maximum absolute atomic E-state index is 12.8. The van der Waals surface area contributed by atoms with Gasteiger partial charge in [0.25, 0.3) is 0 Å². The SMILES string of the molecule is CC(=O)Nc1ccc(C(=O)COC(=O)[C@H](C)Oc2ccc(F)cc2)cc1. The van der Waals surface area contributed by atoms with Crippen molar-refractivity contribution in [3.05, 3.63) is 59.9 Å². The molecule has 0 aliphatic carbocycles. The van der Waals surface area contributed by atoms with Crippen LogP contribution >= 0.6 is 0 Å². The Hall–Kier alpha value is -3.22. The zero-order valence-corrected chi connectivity index (χ0v) is 14.3. The first-order valence-electron chi connectivity index (χ1n) is 7.85. The zero-order chi connectivity index (χ0) is 19.1. The standard InChI is InChI=1S/C19H18FNO5/c1-12(26-17-9-5-15(20)6-10-17)19(24)25-11-18(23)14-3-7-16(8-4-14)21-13(2)22/h3-10,12H,11H2,1-2H3,(H,21,22)/t12-/m0/s1. The van der Waals surface area contributed by atoms with Crippen molar-refractivity contribution in [1.29, 1.82) is 0 Å². The average molecular weight is 359 g/mol. The Morgan fingerprint density at radius 3 is 2.23 bits per heavy atom. The summed E-state index contributed by atoms with van der Waals surface area (Å²) in [6.45, 7) is 2.42. The molecule has 7 heteroatoms. The zero-order valence-electron chi connectivity index (χ0n) is 14.3. The topological polar surface area (TPSA) is 81.7 Å². The van der Waals surface area contributed by atoms with Gasteiger partial charge in [-0.2, -0.15) is 0 Å². The molecule has 6 nitrogen and oxygen atoms in total. The maximum Gasteiger partial charge on any atom is 0.347 e. The lowest BCUT2D eigenvalue weighted by Crippen LogP contribution is -2.28. The molecule has 0 heterocycles. The normalized spacial score (nSPS) is 11.3. The van der Waals surface area contributed by atoms with Crippen LogP contribution in [0.25, 0.3) is 0 Å². The summed E-state index contributed by atoms with van der Waals surface area (Å²) in [5.41, 5.74) is 0.909. The van der Waals surface area contributed by atoms with Crippen molar-refractivity contribution in [3.63, 3.8) is 0 Å². The smallest absolute Gasteiger partial charge is 0.347 e. The Kier molecular flexibility index (Phi) is 6.43. The number of carbonyl (C=O) groups excluding carboxylic acids is 3. The Bertz CT molecular complexity index is 787. The number of hydrogen-bond acceptors (Lipinski definition) is 5. The largest absolute Gasteiger partial charge is 0.479 e. The molecule has 0 aromatic heterocycles. The lowest BCUT2D eigenvalue weighted by molar-refractivity contribution is -0.149. The fourth-order valence-corrected chi connectivity index (χ4v) is 2.05. The minimum atomic E-state index is -0.949. The summed E-state index contributed by atoms with van der Waals surface area (Å²) in [5.74, 6) is -1.41. The maximum atomic E-state index is 12.8. The molecule has 0 spiro atoms. The number of halogens is 1. The summed E-state index contributed by atoms with van der Waals surface area (Å²) in [5, 5.41) is 2.59. The fourth-order valence-electron chi connectivity index (χ4n) is 2.05. The van der Waals surface area contributed by atoms with E-state index in [2.05, 4.69) is 5.32 Å². The summed E-state index contributed by atoms with van der Waals surface area (Å²) in [7, 11) is 0. The fraction of sp³-hybridized carbons (Fsp3) is 0.211. The first-order valence-corrected chi connectivity index (χ1v) is 7.85. The molecular weight excluding hydrogens is 341 g/mol. The number of nitrogens with one attached hydrogen (secondary N) is 1. The highest BCUT2D eigenvalue weighted by molar-refractivity contribution is 5.98. The Morgan fingerprint density at radius 1 is 1.04 bits per heavy atom. The van der Waals surface area contributed by atoms with Crippen LogP contribution in [0.4, 0.5) is 10.1 Å². The molecule has 0 unspecified atom stereocenters. The predicted molar refractivity (Wildman–Crippen MR) is 92.5 cm³/mol. The Labute approximate surface area is 149 Å². The van der Waals surface area contributed by atoms with Crippen molar-refractivity contribution in [2.24, 2.45) is 0 Å². The molecule has 2 rings (SSSR count). The molecule has 2 aromatic carbocycles. The number of anilines is 1. The minimum absolute atomic E-state index is 0.215. The van der Waals surface area contributed by atoms with Gasteiger partial charge in [0, 0.05) is 18.2 Å². The van der Waals surface area contributed by atoms with Gasteiger partial charge in [-0.1, -0.05) is 0 Å². The molecule has 0 aliphatic rings.